The van der Waals surface area contributed by atoms with E-state index in [9.17, 15) is 14.4 Å². The zero-order chi connectivity index (χ0) is 21.7. The lowest BCUT2D eigenvalue weighted by Gasteiger charge is -2.32. The van der Waals surface area contributed by atoms with Gasteiger partial charge in [0.1, 0.15) is 0 Å². The molecule has 3 rings (SSSR count). The Kier molecular flexibility index (Phi) is 7.15. The molecular formula is C23H27N3O3S. The van der Waals surface area contributed by atoms with Gasteiger partial charge in [0.15, 0.2) is 0 Å². The fraction of sp³-hybridized carbons (Fsp3) is 0.348. The van der Waals surface area contributed by atoms with E-state index < -0.39 is 0 Å². The molecule has 0 bridgehead atoms. The highest BCUT2D eigenvalue weighted by Crippen LogP contribution is 2.29. The predicted molar refractivity (Wildman–Crippen MR) is 120 cm³/mol. The number of aryl methyl sites for hydroxylation is 1. The first-order valence-corrected chi connectivity index (χ1v) is 10.8. The largest absolute Gasteiger partial charge is 0.339 e. The first-order chi connectivity index (χ1) is 14.3. The molecule has 3 amide bonds. The Hall–Kier alpha value is -2.80. The van der Waals surface area contributed by atoms with Gasteiger partial charge in [-0.3, -0.25) is 14.4 Å². The maximum Gasteiger partial charge on any atom is 0.286 e. The summed E-state index contributed by atoms with van der Waals surface area (Å²) >= 11 is 1.08. The Bertz CT molecular complexity index is 928. The van der Waals surface area contributed by atoms with Crippen LogP contribution in [0.25, 0.3) is 0 Å². The smallest absolute Gasteiger partial charge is 0.286 e. The summed E-state index contributed by atoms with van der Waals surface area (Å²) in [5, 5.41) is 2.86. The summed E-state index contributed by atoms with van der Waals surface area (Å²) in [6.45, 7) is 3.03. The van der Waals surface area contributed by atoms with Gasteiger partial charge in [-0.2, -0.15) is 0 Å². The first kappa shape index (κ1) is 21.9. The molecule has 1 unspecified atom stereocenters. The number of carbonyl (C=O) groups excluding carboxylic acids is 3. The van der Waals surface area contributed by atoms with E-state index in [1.54, 1.807) is 25.1 Å². The summed E-state index contributed by atoms with van der Waals surface area (Å²) in [5.41, 5.74) is 2.36. The fourth-order valence-electron chi connectivity index (χ4n) is 3.33. The molecule has 0 aliphatic carbocycles. The van der Waals surface area contributed by atoms with E-state index in [0.29, 0.717) is 29.2 Å². The van der Waals surface area contributed by atoms with Crippen LogP contribution in [0.1, 0.15) is 28.8 Å². The Morgan fingerprint density at radius 3 is 2.47 bits per heavy atom. The van der Waals surface area contributed by atoms with Gasteiger partial charge in [-0.1, -0.05) is 29.8 Å². The molecule has 2 aromatic rings. The third-order valence-electron chi connectivity index (χ3n) is 5.09. The number of piperidine rings is 1. The number of benzene rings is 2. The molecule has 158 valence electrons. The monoisotopic (exact) mass is 425 g/mol. The molecule has 0 radical (unpaired) electrons. The highest BCUT2D eigenvalue weighted by Gasteiger charge is 2.29. The number of thioether (sulfide) groups is 1. The van der Waals surface area contributed by atoms with E-state index in [1.807, 2.05) is 49.4 Å². The normalized spacial score (nSPS) is 16.1. The van der Waals surface area contributed by atoms with Crippen LogP contribution in [0.3, 0.4) is 0 Å². The summed E-state index contributed by atoms with van der Waals surface area (Å²) in [7, 11) is 3.39. The zero-order valence-electron chi connectivity index (χ0n) is 17.6. The minimum absolute atomic E-state index is 0.0416. The Balaban J connectivity index is 1.67. The third kappa shape index (κ3) is 5.42. The van der Waals surface area contributed by atoms with Gasteiger partial charge in [0.2, 0.25) is 5.91 Å². The summed E-state index contributed by atoms with van der Waals surface area (Å²) in [6.07, 6.45) is 1.51. The number of nitrogens with zero attached hydrogens (tertiary/aromatic N) is 2. The molecule has 1 saturated heterocycles. The summed E-state index contributed by atoms with van der Waals surface area (Å²) in [4.78, 5) is 41.8. The van der Waals surface area contributed by atoms with Crippen molar-refractivity contribution in [2.24, 2.45) is 5.92 Å². The van der Waals surface area contributed by atoms with Crippen molar-refractivity contribution in [1.82, 2.24) is 9.80 Å². The number of hydrogen-bond acceptors (Lipinski definition) is 4. The number of rotatable bonds is 4. The Morgan fingerprint density at radius 1 is 1.07 bits per heavy atom. The molecule has 1 aliphatic heterocycles. The van der Waals surface area contributed by atoms with E-state index >= 15 is 0 Å². The second-order valence-corrected chi connectivity index (χ2v) is 8.70. The van der Waals surface area contributed by atoms with Crippen LogP contribution in [0.5, 0.6) is 0 Å². The predicted octanol–water partition coefficient (Wildman–Crippen LogP) is 4.26. The van der Waals surface area contributed by atoms with Gasteiger partial charge in [0, 0.05) is 37.6 Å². The standard InChI is InChI=1S/C23H27N3O3S/c1-16-10-12-17(13-11-16)22(28)26-14-6-7-18(15-26)21(27)24-19-8-4-5-9-20(19)30-23(29)25(2)3/h4-5,8-13,18H,6-7,14-15H2,1-3H3,(H,24,27). The number of carbonyl (C=O) groups is 3. The number of likely N-dealkylation sites (tertiary alicyclic amines) is 1. The van der Waals surface area contributed by atoms with Crippen molar-refractivity contribution in [3.8, 4) is 0 Å². The second-order valence-electron chi connectivity index (χ2n) is 7.70. The number of para-hydroxylation sites is 1. The van der Waals surface area contributed by atoms with Gasteiger partial charge in [0.05, 0.1) is 11.6 Å². The van der Waals surface area contributed by atoms with Crippen LogP contribution in [0.15, 0.2) is 53.4 Å². The second kappa shape index (κ2) is 9.80. The first-order valence-electron chi connectivity index (χ1n) is 10.00. The van der Waals surface area contributed by atoms with Crippen molar-refractivity contribution in [3.63, 3.8) is 0 Å². The van der Waals surface area contributed by atoms with Gasteiger partial charge in [-0.15, -0.1) is 0 Å². The molecule has 1 fully saturated rings. The molecular weight excluding hydrogens is 398 g/mol. The van der Waals surface area contributed by atoms with Gasteiger partial charge < -0.3 is 15.1 Å². The quantitative estimate of drug-likeness (QED) is 0.743. The lowest BCUT2D eigenvalue weighted by atomic mass is 9.96. The van der Waals surface area contributed by atoms with Crippen molar-refractivity contribution < 1.29 is 14.4 Å². The van der Waals surface area contributed by atoms with Crippen molar-refractivity contribution >= 4 is 34.5 Å². The Morgan fingerprint density at radius 2 is 1.77 bits per heavy atom. The molecule has 1 atom stereocenters. The van der Waals surface area contributed by atoms with E-state index in [4.69, 9.17) is 0 Å². The van der Waals surface area contributed by atoms with Crippen molar-refractivity contribution in [1.29, 1.82) is 0 Å². The number of nitrogens with one attached hydrogen (secondary N) is 1. The lowest BCUT2D eigenvalue weighted by Crippen LogP contribution is -2.43. The maximum absolute atomic E-state index is 12.9. The van der Waals surface area contributed by atoms with Crippen molar-refractivity contribution in [2.75, 3.05) is 32.5 Å². The summed E-state index contributed by atoms with van der Waals surface area (Å²) in [5.74, 6) is -0.447. The molecule has 7 heteroatoms. The zero-order valence-corrected chi connectivity index (χ0v) is 18.4. The molecule has 1 aliphatic rings. The van der Waals surface area contributed by atoms with Gasteiger partial charge in [-0.05, 0) is 55.8 Å². The van der Waals surface area contributed by atoms with Gasteiger partial charge in [-0.25, -0.2) is 0 Å². The number of anilines is 1. The van der Waals surface area contributed by atoms with E-state index in [0.717, 1.165) is 30.2 Å². The van der Waals surface area contributed by atoms with E-state index in [-0.39, 0.29) is 23.0 Å². The summed E-state index contributed by atoms with van der Waals surface area (Å²) in [6, 6.07) is 14.8. The Labute approximate surface area is 181 Å². The average Bonchev–Trinajstić information content (AvgIpc) is 2.75. The molecule has 0 spiro atoms. The highest BCUT2D eigenvalue weighted by molar-refractivity contribution is 8.13. The average molecular weight is 426 g/mol. The maximum atomic E-state index is 12.9. The molecule has 0 aromatic heterocycles. The minimum atomic E-state index is -0.282. The van der Waals surface area contributed by atoms with Crippen LogP contribution in [0.4, 0.5) is 10.5 Å². The lowest BCUT2D eigenvalue weighted by molar-refractivity contribution is -0.121. The van der Waals surface area contributed by atoms with Crippen LogP contribution in [-0.2, 0) is 4.79 Å². The fourth-order valence-corrected chi connectivity index (χ4v) is 4.08. The molecule has 2 aromatic carbocycles. The third-order valence-corrected chi connectivity index (χ3v) is 6.20. The minimum Gasteiger partial charge on any atom is -0.339 e. The molecule has 1 heterocycles. The molecule has 0 saturated carbocycles. The molecule has 1 N–H and O–H groups in total. The summed E-state index contributed by atoms with van der Waals surface area (Å²) < 4.78 is 0. The van der Waals surface area contributed by atoms with Crippen molar-refractivity contribution in [2.45, 2.75) is 24.7 Å². The van der Waals surface area contributed by atoms with Crippen molar-refractivity contribution in [3.05, 3.63) is 59.7 Å². The SMILES string of the molecule is Cc1ccc(C(=O)N2CCCC(C(=O)Nc3ccccc3SC(=O)N(C)C)C2)cc1. The van der Waals surface area contributed by atoms with Crippen LogP contribution in [-0.4, -0.2) is 54.0 Å². The van der Waals surface area contributed by atoms with Crippen LogP contribution in [0, 0.1) is 12.8 Å². The van der Waals surface area contributed by atoms with Gasteiger partial charge >= 0.3 is 0 Å². The highest BCUT2D eigenvalue weighted by atomic mass is 32.2. The van der Waals surface area contributed by atoms with E-state index in [2.05, 4.69) is 5.32 Å². The topological polar surface area (TPSA) is 69.7 Å². The van der Waals surface area contributed by atoms with Crippen LogP contribution < -0.4 is 5.32 Å². The number of hydrogen-bond donors (Lipinski definition) is 1. The van der Waals surface area contributed by atoms with Crippen LogP contribution >= 0.6 is 11.8 Å². The molecule has 30 heavy (non-hydrogen) atoms. The number of amides is 3. The molecule has 6 nitrogen and oxygen atoms in total. The van der Waals surface area contributed by atoms with Gasteiger partial charge in [0.25, 0.3) is 11.1 Å². The van der Waals surface area contributed by atoms with E-state index in [1.165, 1.54) is 4.90 Å². The van der Waals surface area contributed by atoms with Crippen LogP contribution in [0.2, 0.25) is 0 Å².